The minimum absolute atomic E-state index is 0.0599. The first kappa shape index (κ1) is 17.7. The molecule has 3 heteroatoms. The van der Waals surface area contributed by atoms with E-state index in [0.29, 0.717) is 0 Å². The number of nitrogens with one attached hydrogen (secondary N) is 1. The van der Waals surface area contributed by atoms with Crippen LogP contribution in [0.1, 0.15) is 58.4 Å². The summed E-state index contributed by atoms with van der Waals surface area (Å²) >= 11 is 0. The van der Waals surface area contributed by atoms with Crippen LogP contribution in [0.15, 0.2) is 36.4 Å². The van der Waals surface area contributed by atoms with Crippen molar-refractivity contribution in [1.29, 1.82) is 0 Å². The van der Waals surface area contributed by atoms with E-state index >= 15 is 0 Å². The second-order valence-electron chi connectivity index (χ2n) is 7.33. The van der Waals surface area contributed by atoms with Crippen LogP contribution in [0.2, 0.25) is 0 Å². The van der Waals surface area contributed by atoms with Gasteiger partial charge in [0.15, 0.2) is 6.10 Å². The van der Waals surface area contributed by atoms with Crippen molar-refractivity contribution in [3.63, 3.8) is 0 Å². The highest BCUT2D eigenvalue weighted by Crippen LogP contribution is 2.22. The highest BCUT2D eigenvalue weighted by molar-refractivity contribution is 5.84. The molecule has 1 N–H and O–H groups in total. The van der Waals surface area contributed by atoms with Crippen LogP contribution in [0, 0.1) is 0 Å². The molecule has 2 rings (SSSR count). The molecule has 1 aliphatic carbocycles. The molecule has 0 aromatic heterocycles. The van der Waals surface area contributed by atoms with Gasteiger partial charge in [0.25, 0.3) is 5.91 Å². The first-order valence-electron chi connectivity index (χ1n) is 8.65. The molecule has 1 atom stereocenters. The summed E-state index contributed by atoms with van der Waals surface area (Å²) in [5.74, 6) is -0.0599. The number of carbonyl (C=O) groups is 1. The van der Waals surface area contributed by atoms with Gasteiger partial charge in [-0.15, -0.1) is 0 Å². The Balaban J connectivity index is 2.06. The Morgan fingerprint density at radius 1 is 1.17 bits per heavy atom. The maximum atomic E-state index is 12.6. The fourth-order valence-corrected chi connectivity index (χ4v) is 2.81. The molecule has 1 aromatic rings. The Labute approximate surface area is 140 Å². The van der Waals surface area contributed by atoms with E-state index in [1.54, 1.807) is 0 Å². The lowest BCUT2D eigenvalue weighted by Crippen LogP contribution is -2.47. The van der Waals surface area contributed by atoms with Gasteiger partial charge in [0.05, 0.1) is 6.10 Å². The third-order valence-electron chi connectivity index (χ3n) is 3.91. The van der Waals surface area contributed by atoms with Crippen LogP contribution in [0.3, 0.4) is 0 Å². The predicted octanol–water partition coefficient (Wildman–Crippen LogP) is 4.33. The van der Waals surface area contributed by atoms with Crippen LogP contribution in [-0.4, -0.2) is 23.7 Å². The zero-order valence-electron chi connectivity index (χ0n) is 14.5. The zero-order valence-corrected chi connectivity index (χ0v) is 14.5. The van der Waals surface area contributed by atoms with Crippen molar-refractivity contribution in [1.82, 2.24) is 5.32 Å². The molecule has 1 fully saturated rings. The summed E-state index contributed by atoms with van der Waals surface area (Å²) in [7, 11) is 0. The quantitative estimate of drug-likeness (QED) is 0.878. The van der Waals surface area contributed by atoms with Crippen LogP contribution >= 0.6 is 0 Å². The molecule has 3 nitrogen and oxygen atoms in total. The van der Waals surface area contributed by atoms with Crippen molar-refractivity contribution in [2.45, 2.75) is 70.6 Å². The Kier molecular flexibility index (Phi) is 6.40. The topological polar surface area (TPSA) is 38.3 Å². The van der Waals surface area contributed by atoms with E-state index in [0.717, 1.165) is 18.4 Å². The van der Waals surface area contributed by atoms with Crippen LogP contribution in [0.25, 0.3) is 6.08 Å². The minimum atomic E-state index is -0.530. The summed E-state index contributed by atoms with van der Waals surface area (Å²) in [6.07, 6.45) is 9.29. The molecule has 0 heterocycles. The Bertz CT molecular complexity index is 510. The van der Waals surface area contributed by atoms with Crippen LogP contribution in [-0.2, 0) is 9.53 Å². The number of benzene rings is 1. The van der Waals surface area contributed by atoms with Gasteiger partial charge in [0.2, 0.25) is 0 Å². The SMILES string of the molecule is CC(C)(C)NC(=O)C(/C=C/c1ccccc1)OC1CCCCC1. The summed E-state index contributed by atoms with van der Waals surface area (Å²) < 4.78 is 6.12. The first-order chi connectivity index (χ1) is 10.9. The first-order valence-corrected chi connectivity index (χ1v) is 8.65. The Hall–Kier alpha value is -1.61. The van der Waals surface area contributed by atoms with E-state index < -0.39 is 6.10 Å². The Morgan fingerprint density at radius 3 is 2.43 bits per heavy atom. The fourth-order valence-electron chi connectivity index (χ4n) is 2.81. The summed E-state index contributed by atoms with van der Waals surface area (Å²) in [6.45, 7) is 5.97. The van der Waals surface area contributed by atoms with Gasteiger partial charge in [0.1, 0.15) is 0 Å². The van der Waals surface area contributed by atoms with Gasteiger partial charge in [-0.05, 0) is 45.3 Å². The average Bonchev–Trinajstić information content (AvgIpc) is 2.51. The number of rotatable bonds is 5. The smallest absolute Gasteiger partial charge is 0.253 e. The van der Waals surface area contributed by atoms with Gasteiger partial charge in [-0.3, -0.25) is 4.79 Å². The molecular weight excluding hydrogens is 286 g/mol. The maximum absolute atomic E-state index is 12.6. The third kappa shape index (κ3) is 6.57. The highest BCUT2D eigenvalue weighted by Gasteiger charge is 2.25. The normalized spacial score (nSPS) is 18.0. The van der Waals surface area contributed by atoms with Crippen molar-refractivity contribution in [2.75, 3.05) is 0 Å². The van der Waals surface area contributed by atoms with E-state index in [1.165, 1.54) is 19.3 Å². The minimum Gasteiger partial charge on any atom is -0.361 e. The van der Waals surface area contributed by atoms with E-state index in [-0.39, 0.29) is 17.6 Å². The number of amides is 1. The Morgan fingerprint density at radius 2 is 1.83 bits per heavy atom. The molecule has 1 saturated carbocycles. The zero-order chi connectivity index (χ0) is 16.7. The largest absolute Gasteiger partial charge is 0.361 e. The van der Waals surface area contributed by atoms with Gasteiger partial charge in [-0.1, -0.05) is 55.7 Å². The van der Waals surface area contributed by atoms with Crippen LogP contribution < -0.4 is 5.32 Å². The lowest BCUT2D eigenvalue weighted by Gasteiger charge is -2.28. The molecule has 23 heavy (non-hydrogen) atoms. The predicted molar refractivity (Wildman–Crippen MR) is 95.1 cm³/mol. The molecule has 1 amide bonds. The molecule has 0 bridgehead atoms. The van der Waals surface area contributed by atoms with Gasteiger partial charge in [-0.2, -0.15) is 0 Å². The number of ether oxygens (including phenoxy) is 1. The van der Waals surface area contributed by atoms with E-state index in [2.05, 4.69) is 5.32 Å². The molecule has 0 saturated heterocycles. The molecule has 1 aromatic carbocycles. The van der Waals surface area contributed by atoms with Gasteiger partial charge in [0, 0.05) is 5.54 Å². The van der Waals surface area contributed by atoms with Crippen molar-refractivity contribution in [3.05, 3.63) is 42.0 Å². The molecule has 126 valence electrons. The summed E-state index contributed by atoms with van der Waals surface area (Å²) in [6, 6.07) is 10.0. The second-order valence-corrected chi connectivity index (χ2v) is 7.33. The van der Waals surface area contributed by atoms with Crippen LogP contribution in [0.5, 0.6) is 0 Å². The fraction of sp³-hybridized carbons (Fsp3) is 0.550. The van der Waals surface area contributed by atoms with Gasteiger partial charge in [-0.25, -0.2) is 0 Å². The number of carbonyl (C=O) groups excluding carboxylic acids is 1. The monoisotopic (exact) mass is 315 g/mol. The molecular formula is C20H29NO2. The molecule has 0 spiro atoms. The average molecular weight is 315 g/mol. The maximum Gasteiger partial charge on any atom is 0.253 e. The number of hydrogen-bond acceptors (Lipinski definition) is 2. The summed E-state index contributed by atoms with van der Waals surface area (Å²) in [4.78, 5) is 12.6. The van der Waals surface area contributed by atoms with Crippen molar-refractivity contribution in [2.24, 2.45) is 0 Å². The standard InChI is InChI=1S/C20H29NO2/c1-20(2,3)21-19(22)18(23-17-12-8-5-9-13-17)15-14-16-10-6-4-7-11-16/h4,6-7,10-11,14-15,17-18H,5,8-9,12-13H2,1-3H3,(H,21,22)/b15-14+. The van der Waals surface area contributed by atoms with Crippen molar-refractivity contribution in [3.8, 4) is 0 Å². The second kappa shape index (κ2) is 8.30. The lowest BCUT2D eigenvalue weighted by atomic mass is 9.97. The van der Waals surface area contributed by atoms with Crippen LogP contribution in [0.4, 0.5) is 0 Å². The molecule has 1 aliphatic rings. The van der Waals surface area contributed by atoms with E-state index in [1.807, 2.05) is 63.3 Å². The summed E-state index contributed by atoms with van der Waals surface area (Å²) in [5, 5.41) is 3.03. The van der Waals surface area contributed by atoms with E-state index in [9.17, 15) is 4.79 Å². The van der Waals surface area contributed by atoms with Crippen molar-refractivity contribution < 1.29 is 9.53 Å². The number of hydrogen-bond donors (Lipinski definition) is 1. The van der Waals surface area contributed by atoms with Gasteiger partial charge < -0.3 is 10.1 Å². The molecule has 1 unspecified atom stereocenters. The highest BCUT2D eigenvalue weighted by atomic mass is 16.5. The lowest BCUT2D eigenvalue weighted by molar-refractivity contribution is -0.135. The van der Waals surface area contributed by atoms with Gasteiger partial charge >= 0.3 is 0 Å². The third-order valence-corrected chi connectivity index (χ3v) is 3.91. The summed E-state index contributed by atoms with van der Waals surface area (Å²) in [5.41, 5.74) is 0.819. The molecule has 0 radical (unpaired) electrons. The molecule has 0 aliphatic heterocycles. The van der Waals surface area contributed by atoms with E-state index in [4.69, 9.17) is 4.74 Å². The van der Waals surface area contributed by atoms with Crippen molar-refractivity contribution >= 4 is 12.0 Å².